The molecule has 0 N–H and O–H groups in total. The van der Waals surface area contributed by atoms with Crippen molar-refractivity contribution in [2.24, 2.45) is 0 Å². The maximum Gasteiger partial charge on any atom is 0.00810 e. The molecule has 1 aliphatic rings. The van der Waals surface area contributed by atoms with Crippen molar-refractivity contribution >= 4 is 12.6 Å². The molecule has 1 aromatic carbocycles. The van der Waals surface area contributed by atoms with Crippen LogP contribution in [0, 0.1) is 6.07 Å². The van der Waals surface area contributed by atoms with E-state index in [0.717, 1.165) is 10.8 Å². The number of benzene rings is 1. The molecule has 0 heterocycles. The van der Waals surface area contributed by atoms with Crippen molar-refractivity contribution in [1.82, 2.24) is 0 Å². The van der Waals surface area contributed by atoms with Gasteiger partial charge in [-0.05, 0) is 36.5 Å². The van der Waals surface area contributed by atoms with Crippen LogP contribution in [0.2, 0.25) is 0 Å². The highest BCUT2D eigenvalue weighted by Gasteiger charge is 2.16. The highest BCUT2D eigenvalue weighted by molar-refractivity contribution is 7.80. The molecule has 1 saturated carbocycles. The first-order valence-electron chi connectivity index (χ1n) is 5.07. The molecule has 1 aliphatic carbocycles. The van der Waals surface area contributed by atoms with Gasteiger partial charge >= 0.3 is 0 Å². The van der Waals surface area contributed by atoms with Crippen LogP contribution in [0.15, 0.2) is 23.1 Å². The highest BCUT2D eigenvalue weighted by Crippen LogP contribution is 2.34. The molecule has 0 saturated heterocycles. The van der Waals surface area contributed by atoms with Crippen LogP contribution < -0.4 is 0 Å². The molecule has 0 atom stereocenters. The Morgan fingerprint density at radius 1 is 1.23 bits per heavy atom. The lowest BCUT2D eigenvalue weighted by molar-refractivity contribution is 0.439. The first kappa shape index (κ1) is 9.14. The Bertz CT molecular complexity index is 274. The van der Waals surface area contributed by atoms with E-state index < -0.39 is 0 Å². The van der Waals surface area contributed by atoms with Gasteiger partial charge in [-0.25, -0.2) is 0 Å². The van der Waals surface area contributed by atoms with Crippen LogP contribution in [0.1, 0.15) is 43.6 Å². The maximum absolute atomic E-state index is 4.48. The van der Waals surface area contributed by atoms with Crippen LogP contribution in [0.25, 0.3) is 0 Å². The quantitative estimate of drug-likeness (QED) is 0.641. The summed E-state index contributed by atoms with van der Waals surface area (Å²) in [6.45, 7) is 0. The molecule has 1 aromatic rings. The van der Waals surface area contributed by atoms with E-state index in [1.807, 2.05) is 12.1 Å². The van der Waals surface area contributed by atoms with Gasteiger partial charge in [0.25, 0.3) is 0 Å². The fourth-order valence-electron chi connectivity index (χ4n) is 2.16. The average molecular weight is 191 g/mol. The third-order valence-corrected chi connectivity index (χ3v) is 3.27. The number of hydrogen-bond donors (Lipinski definition) is 1. The monoisotopic (exact) mass is 191 g/mol. The van der Waals surface area contributed by atoms with Gasteiger partial charge in [-0.15, -0.1) is 12.6 Å². The average Bonchev–Trinajstić information content (AvgIpc) is 2.20. The fourth-order valence-corrected chi connectivity index (χ4v) is 2.49. The first-order valence-corrected chi connectivity index (χ1v) is 5.52. The van der Waals surface area contributed by atoms with Gasteiger partial charge in [-0.3, -0.25) is 0 Å². The van der Waals surface area contributed by atoms with E-state index in [1.54, 1.807) is 0 Å². The Morgan fingerprint density at radius 3 is 2.69 bits per heavy atom. The van der Waals surface area contributed by atoms with Crippen molar-refractivity contribution in [2.45, 2.75) is 42.9 Å². The largest absolute Gasteiger partial charge is 0.143 e. The minimum absolute atomic E-state index is 0.724. The summed E-state index contributed by atoms with van der Waals surface area (Å²) in [7, 11) is 0. The molecule has 13 heavy (non-hydrogen) atoms. The first-order chi connectivity index (χ1) is 6.38. The van der Waals surface area contributed by atoms with Gasteiger partial charge in [0.2, 0.25) is 0 Å². The second kappa shape index (κ2) is 4.19. The van der Waals surface area contributed by atoms with Gasteiger partial charge in [-0.2, -0.15) is 0 Å². The molecule has 0 aromatic heterocycles. The Balaban J connectivity index is 2.18. The van der Waals surface area contributed by atoms with Crippen molar-refractivity contribution in [1.29, 1.82) is 0 Å². The van der Waals surface area contributed by atoms with E-state index in [0.29, 0.717) is 0 Å². The van der Waals surface area contributed by atoms with E-state index in [9.17, 15) is 0 Å². The fraction of sp³-hybridized carbons (Fsp3) is 0.500. The lowest BCUT2D eigenvalue weighted by Gasteiger charge is -2.22. The Kier molecular flexibility index (Phi) is 2.94. The highest BCUT2D eigenvalue weighted by atomic mass is 32.1. The molecule has 1 radical (unpaired) electrons. The van der Waals surface area contributed by atoms with Crippen LogP contribution in [0.5, 0.6) is 0 Å². The third kappa shape index (κ3) is 2.08. The van der Waals surface area contributed by atoms with Crippen molar-refractivity contribution in [3.05, 3.63) is 29.8 Å². The van der Waals surface area contributed by atoms with Crippen LogP contribution in [-0.2, 0) is 0 Å². The molecular weight excluding hydrogens is 176 g/mol. The van der Waals surface area contributed by atoms with Crippen molar-refractivity contribution in [2.75, 3.05) is 0 Å². The molecular formula is C12H15S. The van der Waals surface area contributed by atoms with E-state index in [2.05, 4.69) is 24.8 Å². The smallest absolute Gasteiger partial charge is 0.00810 e. The SMILES string of the molecule is Sc1ccc[c]c1C1CCCCC1. The van der Waals surface area contributed by atoms with E-state index in [-0.39, 0.29) is 0 Å². The van der Waals surface area contributed by atoms with E-state index in [4.69, 9.17) is 0 Å². The van der Waals surface area contributed by atoms with Gasteiger partial charge in [0.05, 0.1) is 0 Å². The topological polar surface area (TPSA) is 0 Å². The Morgan fingerprint density at radius 2 is 2.00 bits per heavy atom. The molecule has 1 fully saturated rings. The summed E-state index contributed by atoms with van der Waals surface area (Å²) in [5.41, 5.74) is 1.34. The summed E-state index contributed by atoms with van der Waals surface area (Å²) in [5, 5.41) is 0. The summed E-state index contributed by atoms with van der Waals surface area (Å²) in [4.78, 5) is 1.12. The maximum atomic E-state index is 4.48. The molecule has 0 nitrogen and oxygen atoms in total. The van der Waals surface area contributed by atoms with E-state index >= 15 is 0 Å². The third-order valence-electron chi connectivity index (χ3n) is 2.88. The summed E-state index contributed by atoms with van der Waals surface area (Å²) in [6, 6.07) is 9.42. The molecule has 69 valence electrons. The van der Waals surface area contributed by atoms with Crippen LogP contribution in [-0.4, -0.2) is 0 Å². The second-order valence-corrected chi connectivity index (χ2v) is 4.29. The molecule has 1 heteroatoms. The molecule has 2 rings (SSSR count). The zero-order valence-electron chi connectivity index (χ0n) is 7.79. The van der Waals surface area contributed by atoms with E-state index in [1.165, 1.54) is 37.7 Å². The van der Waals surface area contributed by atoms with Gasteiger partial charge in [0.1, 0.15) is 0 Å². The molecule has 0 spiro atoms. The van der Waals surface area contributed by atoms with Gasteiger partial charge in [0.15, 0.2) is 0 Å². The normalized spacial score (nSPS) is 18.8. The van der Waals surface area contributed by atoms with Crippen molar-refractivity contribution in [3.8, 4) is 0 Å². The predicted octanol–water partition coefficient (Wildman–Crippen LogP) is 3.82. The summed E-state index contributed by atoms with van der Waals surface area (Å²) in [5.74, 6) is 0.724. The lowest BCUT2D eigenvalue weighted by atomic mass is 9.84. The molecule has 0 aliphatic heterocycles. The van der Waals surface area contributed by atoms with Crippen LogP contribution in [0.4, 0.5) is 0 Å². The minimum Gasteiger partial charge on any atom is -0.143 e. The van der Waals surface area contributed by atoms with Gasteiger partial charge < -0.3 is 0 Å². The van der Waals surface area contributed by atoms with Gasteiger partial charge in [0, 0.05) is 4.90 Å². The zero-order valence-corrected chi connectivity index (χ0v) is 8.69. The lowest BCUT2D eigenvalue weighted by Crippen LogP contribution is -2.05. The number of hydrogen-bond acceptors (Lipinski definition) is 1. The Labute approximate surface area is 85.8 Å². The van der Waals surface area contributed by atoms with Crippen molar-refractivity contribution in [3.63, 3.8) is 0 Å². The van der Waals surface area contributed by atoms with Gasteiger partial charge in [-0.1, -0.05) is 31.4 Å². The van der Waals surface area contributed by atoms with Crippen LogP contribution >= 0.6 is 12.6 Å². The Hall–Kier alpha value is -0.430. The molecule has 0 amide bonds. The summed E-state index contributed by atoms with van der Waals surface area (Å²) < 4.78 is 0. The number of rotatable bonds is 1. The number of thiol groups is 1. The van der Waals surface area contributed by atoms with Crippen molar-refractivity contribution < 1.29 is 0 Å². The standard InChI is InChI=1S/C12H15S/c13-12-9-5-4-8-11(12)10-6-2-1-3-7-10/h4-5,9-10,13H,1-3,6-7H2. The molecule has 0 unspecified atom stereocenters. The zero-order chi connectivity index (χ0) is 9.10. The molecule has 0 bridgehead atoms. The minimum atomic E-state index is 0.724. The van der Waals surface area contributed by atoms with Crippen LogP contribution in [0.3, 0.4) is 0 Å². The second-order valence-electron chi connectivity index (χ2n) is 3.80. The summed E-state index contributed by atoms with van der Waals surface area (Å²) >= 11 is 4.48. The predicted molar refractivity (Wildman–Crippen MR) is 58.4 cm³/mol. The summed E-state index contributed by atoms with van der Waals surface area (Å²) in [6.07, 6.45) is 6.81.